The van der Waals surface area contributed by atoms with Crippen LogP contribution in [-0.2, 0) is 6.42 Å². The maximum atomic E-state index is 5.95. The molecular weight excluding hydrogens is 220 g/mol. The summed E-state index contributed by atoms with van der Waals surface area (Å²) >= 11 is 0. The molecule has 0 aromatic heterocycles. The van der Waals surface area contributed by atoms with Gasteiger partial charge in [-0.05, 0) is 56.2 Å². The van der Waals surface area contributed by atoms with E-state index in [4.69, 9.17) is 4.74 Å². The van der Waals surface area contributed by atoms with Gasteiger partial charge in [0, 0.05) is 0 Å². The maximum absolute atomic E-state index is 5.95. The fourth-order valence-corrected chi connectivity index (χ4v) is 2.11. The Labute approximate surface area is 112 Å². The van der Waals surface area contributed by atoms with Crippen molar-refractivity contribution in [3.05, 3.63) is 41.5 Å². The van der Waals surface area contributed by atoms with Gasteiger partial charge >= 0.3 is 0 Å². The predicted molar refractivity (Wildman–Crippen MR) is 79.6 cm³/mol. The fraction of sp³-hybridized carbons (Fsp3) is 0.529. The van der Waals surface area contributed by atoms with Crippen molar-refractivity contribution in [3.8, 4) is 5.75 Å². The van der Waals surface area contributed by atoms with Crippen LogP contribution in [0, 0.1) is 6.92 Å². The summed E-state index contributed by atoms with van der Waals surface area (Å²) in [6, 6.07) is 4.54. The van der Waals surface area contributed by atoms with Crippen molar-refractivity contribution in [2.45, 2.75) is 59.5 Å². The Balaban J connectivity index is 3.21. The first-order valence-corrected chi connectivity index (χ1v) is 6.90. The van der Waals surface area contributed by atoms with Gasteiger partial charge in [0.05, 0.1) is 6.10 Å². The summed E-state index contributed by atoms with van der Waals surface area (Å²) in [6.45, 7) is 14.6. The van der Waals surface area contributed by atoms with Gasteiger partial charge in [0.1, 0.15) is 5.75 Å². The third-order valence-corrected chi connectivity index (χ3v) is 3.27. The van der Waals surface area contributed by atoms with Gasteiger partial charge in [-0.15, -0.1) is 6.58 Å². The molecule has 0 saturated carbocycles. The lowest BCUT2D eigenvalue weighted by Crippen LogP contribution is -2.09. The Morgan fingerprint density at radius 2 is 1.94 bits per heavy atom. The van der Waals surface area contributed by atoms with Gasteiger partial charge in [-0.2, -0.15) is 0 Å². The van der Waals surface area contributed by atoms with E-state index < -0.39 is 0 Å². The molecule has 0 heterocycles. The minimum Gasteiger partial charge on any atom is -0.490 e. The van der Waals surface area contributed by atoms with E-state index in [1.165, 1.54) is 16.7 Å². The van der Waals surface area contributed by atoms with E-state index >= 15 is 0 Å². The molecule has 0 fully saturated rings. The quantitative estimate of drug-likeness (QED) is 0.640. The van der Waals surface area contributed by atoms with Crippen LogP contribution in [0.5, 0.6) is 5.75 Å². The zero-order valence-corrected chi connectivity index (χ0v) is 12.4. The van der Waals surface area contributed by atoms with Gasteiger partial charge in [-0.25, -0.2) is 0 Å². The molecule has 1 unspecified atom stereocenters. The largest absolute Gasteiger partial charge is 0.490 e. The Kier molecular flexibility index (Phi) is 5.46. The minimum atomic E-state index is 0.210. The molecular formula is C17H26O. The molecule has 0 aliphatic heterocycles. The van der Waals surface area contributed by atoms with Gasteiger partial charge < -0.3 is 4.74 Å². The molecule has 1 heteroatoms. The second-order valence-electron chi connectivity index (χ2n) is 5.29. The molecule has 0 bridgehead atoms. The molecule has 1 aromatic carbocycles. The molecule has 0 aliphatic rings. The van der Waals surface area contributed by atoms with Crippen LogP contribution in [0.4, 0.5) is 0 Å². The van der Waals surface area contributed by atoms with Crippen LogP contribution in [0.25, 0.3) is 0 Å². The summed E-state index contributed by atoms with van der Waals surface area (Å²) in [5.74, 6) is 1.64. The highest BCUT2D eigenvalue weighted by Crippen LogP contribution is 2.31. The van der Waals surface area contributed by atoms with Crippen molar-refractivity contribution < 1.29 is 4.74 Å². The number of aryl methyl sites for hydroxylation is 1. The van der Waals surface area contributed by atoms with Gasteiger partial charge in [0.2, 0.25) is 0 Å². The third kappa shape index (κ3) is 3.63. The van der Waals surface area contributed by atoms with Crippen LogP contribution in [0.2, 0.25) is 0 Å². The standard InChI is InChI=1S/C17H26O/c1-7-9-15-11-16(13(5)8-2)10-14(6)17(15)18-12(3)4/h7,10-13H,1,8-9H2,2-6H3. The lowest BCUT2D eigenvalue weighted by molar-refractivity contribution is 0.238. The van der Waals surface area contributed by atoms with E-state index in [1.54, 1.807) is 0 Å². The zero-order chi connectivity index (χ0) is 13.7. The molecule has 1 atom stereocenters. The van der Waals surface area contributed by atoms with E-state index in [0.29, 0.717) is 5.92 Å². The smallest absolute Gasteiger partial charge is 0.126 e. The van der Waals surface area contributed by atoms with Crippen LogP contribution >= 0.6 is 0 Å². The molecule has 1 aromatic rings. The highest BCUT2D eigenvalue weighted by Gasteiger charge is 2.12. The number of allylic oxidation sites excluding steroid dienone is 1. The average Bonchev–Trinajstić information content (AvgIpc) is 2.32. The number of ether oxygens (including phenoxy) is 1. The summed E-state index contributed by atoms with van der Waals surface area (Å²) in [5.41, 5.74) is 3.90. The molecule has 1 rings (SSSR count). The molecule has 1 nitrogen and oxygen atoms in total. The molecule has 0 aliphatic carbocycles. The molecule has 0 N–H and O–H groups in total. The van der Waals surface area contributed by atoms with Crippen LogP contribution in [0.15, 0.2) is 24.8 Å². The van der Waals surface area contributed by atoms with E-state index in [2.05, 4.69) is 53.3 Å². The van der Waals surface area contributed by atoms with Gasteiger partial charge in [0.15, 0.2) is 0 Å². The Hall–Kier alpha value is -1.24. The number of benzene rings is 1. The van der Waals surface area contributed by atoms with Crippen molar-refractivity contribution in [1.82, 2.24) is 0 Å². The van der Waals surface area contributed by atoms with Crippen molar-refractivity contribution >= 4 is 0 Å². The second-order valence-corrected chi connectivity index (χ2v) is 5.29. The molecule has 0 spiro atoms. The first-order valence-electron chi connectivity index (χ1n) is 6.90. The molecule has 0 saturated heterocycles. The van der Waals surface area contributed by atoms with E-state index in [9.17, 15) is 0 Å². The third-order valence-electron chi connectivity index (χ3n) is 3.27. The van der Waals surface area contributed by atoms with Crippen molar-refractivity contribution in [3.63, 3.8) is 0 Å². The zero-order valence-electron chi connectivity index (χ0n) is 12.4. The summed E-state index contributed by atoms with van der Waals surface area (Å²) in [6.07, 6.45) is 4.19. The summed E-state index contributed by atoms with van der Waals surface area (Å²) in [7, 11) is 0. The Bertz CT molecular complexity index is 404. The lowest BCUT2D eigenvalue weighted by Gasteiger charge is -2.19. The van der Waals surface area contributed by atoms with Gasteiger partial charge in [-0.3, -0.25) is 0 Å². The number of hydrogen-bond donors (Lipinski definition) is 0. The van der Waals surface area contributed by atoms with Crippen LogP contribution < -0.4 is 4.74 Å². The van der Waals surface area contributed by atoms with Gasteiger partial charge in [0.25, 0.3) is 0 Å². The second kappa shape index (κ2) is 6.63. The average molecular weight is 246 g/mol. The minimum absolute atomic E-state index is 0.210. The van der Waals surface area contributed by atoms with Gasteiger partial charge in [-0.1, -0.05) is 32.1 Å². The first-order chi connectivity index (χ1) is 8.49. The van der Waals surface area contributed by atoms with Crippen LogP contribution in [-0.4, -0.2) is 6.10 Å². The Morgan fingerprint density at radius 3 is 2.44 bits per heavy atom. The number of hydrogen-bond acceptors (Lipinski definition) is 1. The normalized spacial score (nSPS) is 12.6. The molecule has 0 amide bonds. The first kappa shape index (κ1) is 14.8. The lowest BCUT2D eigenvalue weighted by atomic mass is 9.93. The van der Waals surface area contributed by atoms with Crippen molar-refractivity contribution in [2.75, 3.05) is 0 Å². The highest BCUT2D eigenvalue weighted by atomic mass is 16.5. The van der Waals surface area contributed by atoms with Crippen molar-refractivity contribution in [2.24, 2.45) is 0 Å². The van der Waals surface area contributed by atoms with Crippen molar-refractivity contribution in [1.29, 1.82) is 0 Å². The summed E-state index contributed by atoms with van der Waals surface area (Å²) < 4.78 is 5.95. The number of rotatable bonds is 6. The molecule has 100 valence electrons. The fourth-order valence-electron chi connectivity index (χ4n) is 2.11. The summed E-state index contributed by atoms with van der Waals surface area (Å²) in [5, 5.41) is 0. The van der Waals surface area contributed by atoms with E-state index in [-0.39, 0.29) is 6.10 Å². The van der Waals surface area contributed by atoms with E-state index in [0.717, 1.165) is 18.6 Å². The van der Waals surface area contributed by atoms with E-state index in [1.807, 2.05) is 6.08 Å². The highest BCUT2D eigenvalue weighted by molar-refractivity contribution is 5.46. The van der Waals surface area contributed by atoms with Crippen LogP contribution in [0.3, 0.4) is 0 Å². The topological polar surface area (TPSA) is 9.23 Å². The monoisotopic (exact) mass is 246 g/mol. The SMILES string of the molecule is C=CCc1cc(C(C)CC)cc(C)c1OC(C)C. The maximum Gasteiger partial charge on any atom is 0.126 e. The summed E-state index contributed by atoms with van der Waals surface area (Å²) in [4.78, 5) is 0. The van der Waals surface area contributed by atoms with Crippen LogP contribution in [0.1, 0.15) is 56.7 Å². The molecule has 18 heavy (non-hydrogen) atoms. The Morgan fingerprint density at radius 1 is 1.28 bits per heavy atom. The molecule has 0 radical (unpaired) electrons. The predicted octanol–water partition coefficient (Wildman–Crippen LogP) is 5.02.